The van der Waals surface area contributed by atoms with Crippen LogP contribution in [-0.4, -0.2) is 11.4 Å². The Balaban J connectivity index is 1.36. The van der Waals surface area contributed by atoms with Gasteiger partial charge in [0, 0.05) is 33.4 Å². The third-order valence-electron chi connectivity index (χ3n) is 13.9. The number of nitrogens with zero attached hydrogens (tertiary/aromatic N) is 3. The molecule has 5 heteroatoms. The van der Waals surface area contributed by atoms with E-state index in [1.165, 1.54) is 77.5 Å². The average Bonchev–Trinajstić information content (AvgIpc) is 3.57. The van der Waals surface area contributed by atoms with Gasteiger partial charge in [0.25, 0.3) is 0 Å². The zero-order chi connectivity index (χ0) is 44.1. The number of benzene rings is 7. The van der Waals surface area contributed by atoms with Crippen LogP contribution in [0.25, 0.3) is 38.6 Å². The molecule has 3 aliphatic rings. The zero-order valence-electron chi connectivity index (χ0n) is 39.0. The van der Waals surface area contributed by atoms with Gasteiger partial charge in [-0.2, -0.15) is 0 Å². The van der Waals surface area contributed by atoms with Crippen LogP contribution in [0.15, 0.2) is 133 Å². The lowest BCUT2D eigenvalue weighted by Crippen LogP contribution is -2.62. The first-order valence-corrected chi connectivity index (χ1v) is 22.8. The van der Waals surface area contributed by atoms with Gasteiger partial charge in [-0.1, -0.05) is 150 Å². The number of hydrogen-bond donors (Lipinski definition) is 0. The first-order valence-electron chi connectivity index (χ1n) is 22.8. The van der Waals surface area contributed by atoms with Crippen molar-refractivity contribution < 1.29 is 4.74 Å². The predicted octanol–water partition coefficient (Wildman–Crippen LogP) is 14.8. The molecular formula is C58H58BN3O. The summed E-state index contributed by atoms with van der Waals surface area (Å²) in [6, 6.07) is 50.9. The third-order valence-corrected chi connectivity index (χ3v) is 13.9. The maximum Gasteiger partial charge on any atom is 0.333 e. The highest BCUT2D eigenvalue weighted by molar-refractivity contribution is 6.94. The summed E-state index contributed by atoms with van der Waals surface area (Å²) in [5.41, 5.74) is 19.4. The Labute approximate surface area is 374 Å². The van der Waals surface area contributed by atoms with Gasteiger partial charge in [0.2, 0.25) is 0 Å². The maximum atomic E-state index is 7.20. The van der Waals surface area contributed by atoms with Gasteiger partial charge in [0.15, 0.2) is 5.75 Å². The van der Waals surface area contributed by atoms with Gasteiger partial charge < -0.3 is 19.0 Å². The van der Waals surface area contributed by atoms with Crippen molar-refractivity contribution in [2.45, 2.75) is 105 Å². The molecule has 0 N–H and O–H groups in total. The number of rotatable bonds is 2. The molecule has 4 heterocycles. The fourth-order valence-electron chi connectivity index (χ4n) is 10.4. The molecule has 0 atom stereocenters. The summed E-state index contributed by atoms with van der Waals surface area (Å²) in [4.78, 5) is 5.27. The van der Waals surface area contributed by atoms with Crippen LogP contribution in [0.3, 0.4) is 0 Å². The van der Waals surface area contributed by atoms with E-state index in [4.69, 9.17) is 4.74 Å². The summed E-state index contributed by atoms with van der Waals surface area (Å²) in [5, 5.41) is 2.50. The Kier molecular flexibility index (Phi) is 8.29. The van der Waals surface area contributed by atoms with Crippen LogP contribution in [0, 0.1) is 0 Å². The highest BCUT2D eigenvalue weighted by Crippen LogP contribution is 2.58. The van der Waals surface area contributed by atoms with Gasteiger partial charge in [-0.05, 0) is 127 Å². The lowest BCUT2D eigenvalue weighted by Gasteiger charge is -2.48. The summed E-state index contributed by atoms with van der Waals surface area (Å²) >= 11 is 0. The van der Waals surface area contributed by atoms with Gasteiger partial charge in [0.05, 0.1) is 28.1 Å². The van der Waals surface area contributed by atoms with Crippen molar-refractivity contribution in [1.82, 2.24) is 4.57 Å². The molecule has 0 radical (unpaired) electrons. The van der Waals surface area contributed by atoms with Crippen LogP contribution < -0.4 is 25.4 Å². The summed E-state index contributed by atoms with van der Waals surface area (Å²) in [6.45, 7) is 27.6. The molecule has 0 amide bonds. The summed E-state index contributed by atoms with van der Waals surface area (Å²) in [6.07, 6.45) is 0. The van der Waals surface area contributed by atoms with Crippen molar-refractivity contribution in [3.8, 4) is 28.3 Å². The van der Waals surface area contributed by atoms with Gasteiger partial charge in [-0.15, -0.1) is 0 Å². The van der Waals surface area contributed by atoms with Crippen LogP contribution in [-0.2, 0) is 21.7 Å². The topological polar surface area (TPSA) is 20.6 Å². The average molecular weight is 824 g/mol. The van der Waals surface area contributed by atoms with Crippen LogP contribution in [0.1, 0.15) is 105 Å². The van der Waals surface area contributed by atoms with E-state index < -0.39 is 0 Å². The third kappa shape index (κ3) is 5.95. The second-order valence-corrected chi connectivity index (χ2v) is 22.4. The molecule has 8 aromatic rings. The van der Waals surface area contributed by atoms with E-state index in [-0.39, 0.29) is 28.5 Å². The molecule has 1 aromatic heterocycles. The molecule has 314 valence electrons. The molecule has 63 heavy (non-hydrogen) atoms. The van der Waals surface area contributed by atoms with E-state index in [0.29, 0.717) is 0 Å². The van der Waals surface area contributed by atoms with Crippen molar-refractivity contribution in [3.05, 3.63) is 156 Å². The minimum atomic E-state index is -0.137. The van der Waals surface area contributed by atoms with Gasteiger partial charge in [-0.3, -0.25) is 0 Å². The van der Waals surface area contributed by atoms with Gasteiger partial charge in [0.1, 0.15) is 5.75 Å². The van der Waals surface area contributed by atoms with Crippen molar-refractivity contribution in [2.75, 3.05) is 9.71 Å². The largest absolute Gasteiger partial charge is 0.453 e. The molecule has 0 saturated carbocycles. The Bertz CT molecular complexity index is 3180. The van der Waals surface area contributed by atoms with Crippen LogP contribution in [0.2, 0.25) is 0 Å². The fraction of sp³-hybridized carbons (Fsp3) is 0.276. The zero-order valence-corrected chi connectivity index (χ0v) is 39.0. The summed E-state index contributed by atoms with van der Waals surface area (Å²) < 4.78 is 9.69. The standard InChI is InChI=1S/C58H58BN3O/c1-55(2,3)35-22-26-40(27-23-35)61-47-31-36(56(4,5)6)24-28-44(47)59-52-42(34-48-51(54(52)61)41-20-16-17-21-45(41)60(48)39-18-14-13-15-19-39)43-30-38(58(10,11)12)33-50-53(43)62(59)46-29-25-37(57(7,8)9)32-49(46)63-50/h13-34H,1-12H3. The number of aromatic nitrogens is 1. The van der Waals surface area contributed by atoms with E-state index in [1.54, 1.807) is 0 Å². The smallest absolute Gasteiger partial charge is 0.333 e. The molecule has 3 aliphatic heterocycles. The molecule has 11 rings (SSSR count). The second-order valence-electron chi connectivity index (χ2n) is 22.4. The van der Waals surface area contributed by atoms with Crippen LogP contribution in [0.5, 0.6) is 11.5 Å². The van der Waals surface area contributed by atoms with Crippen molar-refractivity contribution >= 4 is 68.0 Å². The van der Waals surface area contributed by atoms with Crippen LogP contribution in [0.4, 0.5) is 28.4 Å². The SMILES string of the molecule is CC(C)(C)c1ccc(N2c3cc(C(C)(C)C)ccc3B3c4c(cc5c(c42)c2ccccc2n5-c2ccccc2)-c2cc(C(C)(C)C)cc4c2N3c2ccc(C(C)(C)C)cc2O4)cc1. The highest BCUT2D eigenvalue weighted by atomic mass is 16.5. The number of ether oxygens (including phenoxy) is 1. The highest BCUT2D eigenvalue weighted by Gasteiger charge is 2.50. The van der Waals surface area contributed by atoms with E-state index in [1.807, 2.05) is 0 Å². The van der Waals surface area contributed by atoms with Crippen molar-refractivity contribution in [3.63, 3.8) is 0 Å². The number of para-hydroxylation sites is 2. The number of fused-ring (bicyclic) bond motifs is 10. The Morgan fingerprint density at radius 1 is 0.444 bits per heavy atom. The molecule has 7 aromatic carbocycles. The van der Waals surface area contributed by atoms with Crippen LogP contribution >= 0.6 is 0 Å². The lowest BCUT2D eigenvalue weighted by molar-refractivity contribution is 0.470. The molecule has 0 bridgehead atoms. The van der Waals surface area contributed by atoms with E-state index in [0.717, 1.165) is 34.2 Å². The lowest BCUT2D eigenvalue weighted by atomic mass is 9.43. The van der Waals surface area contributed by atoms with Crippen molar-refractivity contribution in [2.24, 2.45) is 0 Å². The molecular weight excluding hydrogens is 765 g/mol. The minimum absolute atomic E-state index is 0.0217. The predicted molar refractivity (Wildman–Crippen MR) is 269 cm³/mol. The summed E-state index contributed by atoms with van der Waals surface area (Å²) in [5.74, 6) is 1.83. The molecule has 0 fully saturated rings. The first-order chi connectivity index (χ1) is 29.8. The van der Waals surface area contributed by atoms with Gasteiger partial charge >= 0.3 is 6.85 Å². The molecule has 4 nitrogen and oxygen atoms in total. The Morgan fingerprint density at radius 2 is 1.05 bits per heavy atom. The minimum Gasteiger partial charge on any atom is -0.453 e. The second kappa shape index (κ2) is 13.2. The normalized spacial score (nSPS) is 14.4. The number of anilines is 5. The number of hydrogen-bond acceptors (Lipinski definition) is 3. The monoisotopic (exact) mass is 823 g/mol. The van der Waals surface area contributed by atoms with E-state index in [2.05, 4.69) is 231 Å². The fourth-order valence-corrected chi connectivity index (χ4v) is 10.4. The molecule has 0 unspecified atom stereocenters. The molecule has 0 aliphatic carbocycles. The van der Waals surface area contributed by atoms with E-state index >= 15 is 0 Å². The Morgan fingerprint density at radius 3 is 1.73 bits per heavy atom. The van der Waals surface area contributed by atoms with Crippen molar-refractivity contribution in [1.29, 1.82) is 0 Å². The van der Waals surface area contributed by atoms with E-state index in [9.17, 15) is 0 Å². The van der Waals surface area contributed by atoms with Gasteiger partial charge in [-0.25, -0.2) is 0 Å². The first kappa shape index (κ1) is 39.6. The molecule has 0 saturated heterocycles. The quantitative estimate of drug-likeness (QED) is 0.162. The summed E-state index contributed by atoms with van der Waals surface area (Å²) in [7, 11) is 0. The molecule has 0 spiro atoms. The maximum absolute atomic E-state index is 7.20. The Hall–Kier alpha value is -6.20.